The fraction of sp³-hybridized carbons (Fsp3) is 0.267. The first-order valence-electron chi connectivity index (χ1n) is 5.77. The molecule has 2 aromatic carbocycles. The van der Waals surface area contributed by atoms with E-state index in [0.29, 0.717) is 5.92 Å². The Hall–Kier alpha value is -1.81. The van der Waals surface area contributed by atoms with Crippen molar-refractivity contribution in [3.63, 3.8) is 0 Å². The molecule has 0 aromatic heterocycles. The van der Waals surface area contributed by atoms with E-state index in [4.69, 9.17) is 0 Å². The topological polar surface area (TPSA) is 23.8 Å². The maximum absolute atomic E-state index is 9.30. The van der Waals surface area contributed by atoms with Gasteiger partial charge in [-0.15, -0.1) is 0 Å². The average Bonchev–Trinajstić information content (AvgIpc) is 3.15. The van der Waals surface area contributed by atoms with Crippen LogP contribution in [0, 0.1) is 17.2 Å². The van der Waals surface area contributed by atoms with E-state index in [1.165, 1.54) is 29.2 Å². The molecule has 0 heterocycles. The van der Waals surface area contributed by atoms with Crippen molar-refractivity contribution in [3.8, 4) is 6.07 Å². The molecule has 0 radical (unpaired) electrons. The predicted octanol–water partition coefficient (Wildman–Crippen LogP) is 3.86. The molecule has 0 amide bonds. The van der Waals surface area contributed by atoms with Crippen molar-refractivity contribution in [2.75, 3.05) is 0 Å². The number of rotatable bonds is 2. The quantitative estimate of drug-likeness (QED) is 0.733. The summed E-state index contributed by atoms with van der Waals surface area (Å²) in [6, 6.07) is 17.1. The largest absolute Gasteiger partial charge is 0.198 e. The molecule has 1 fully saturated rings. The van der Waals surface area contributed by atoms with Gasteiger partial charge >= 0.3 is 0 Å². The summed E-state index contributed by atoms with van der Waals surface area (Å²) in [5.74, 6) is 0.682. The Bertz CT molecular complexity index is 556. The zero-order chi connectivity index (χ0) is 11.0. The summed E-state index contributed by atoms with van der Waals surface area (Å²) in [5.41, 5.74) is 1.21. The number of fused-ring (bicyclic) bond motifs is 1. The molecule has 1 saturated carbocycles. The fourth-order valence-corrected chi connectivity index (χ4v) is 2.38. The Morgan fingerprint density at radius 3 is 2.56 bits per heavy atom. The third kappa shape index (κ3) is 1.47. The highest BCUT2D eigenvalue weighted by Crippen LogP contribution is 2.43. The molecular formula is C15H13N. The summed E-state index contributed by atoms with van der Waals surface area (Å²) in [6.45, 7) is 0. The molecule has 1 unspecified atom stereocenters. The van der Waals surface area contributed by atoms with E-state index >= 15 is 0 Å². The number of hydrogen-bond donors (Lipinski definition) is 0. The van der Waals surface area contributed by atoms with Gasteiger partial charge in [0.15, 0.2) is 0 Å². The van der Waals surface area contributed by atoms with Crippen LogP contribution < -0.4 is 0 Å². The number of nitrogens with zero attached hydrogens (tertiary/aromatic N) is 1. The number of nitriles is 1. The molecule has 1 heteroatoms. The van der Waals surface area contributed by atoms with Crippen LogP contribution in [0.15, 0.2) is 42.5 Å². The van der Waals surface area contributed by atoms with Crippen LogP contribution in [-0.2, 0) is 0 Å². The molecule has 16 heavy (non-hydrogen) atoms. The normalized spacial score (nSPS) is 16.9. The van der Waals surface area contributed by atoms with E-state index in [-0.39, 0.29) is 5.92 Å². The van der Waals surface area contributed by atoms with E-state index in [1.807, 2.05) is 12.1 Å². The fourth-order valence-electron chi connectivity index (χ4n) is 2.38. The van der Waals surface area contributed by atoms with E-state index in [2.05, 4.69) is 36.4 Å². The van der Waals surface area contributed by atoms with Crippen LogP contribution in [0.3, 0.4) is 0 Å². The van der Waals surface area contributed by atoms with Crippen LogP contribution in [-0.4, -0.2) is 0 Å². The van der Waals surface area contributed by atoms with Crippen molar-refractivity contribution in [1.29, 1.82) is 5.26 Å². The molecule has 1 nitrogen and oxygen atoms in total. The summed E-state index contributed by atoms with van der Waals surface area (Å²) >= 11 is 0. The van der Waals surface area contributed by atoms with Gasteiger partial charge in [-0.25, -0.2) is 0 Å². The van der Waals surface area contributed by atoms with Crippen molar-refractivity contribution in [3.05, 3.63) is 48.0 Å². The summed E-state index contributed by atoms with van der Waals surface area (Å²) in [5, 5.41) is 11.8. The van der Waals surface area contributed by atoms with Crippen LogP contribution in [0.1, 0.15) is 24.3 Å². The Morgan fingerprint density at radius 1 is 1.06 bits per heavy atom. The molecule has 0 aliphatic heterocycles. The smallest absolute Gasteiger partial charge is 0.0746 e. The van der Waals surface area contributed by atoms with Gasteiger partial charge in [0, 0.05) is 0 Å². The van der Waals surface area contributed by atoms with Gasteiger partial charge in [0.2, 0.25) is 0 Å². The highest BCUT2D eigenvalue weighted by Gasteiger charge is 2.32. The molecule has 1 aliphatic carbocycles. The van der Waals surface area contributed by atoms with Gasteiger partial charge in [-0.2, -0.15) is 5.26 Å². The predicted molar refractivity (Wildman–Crippen MR) is 65.0 cm³/mol. The van der Waals surface area contributed by atoms with E-state index in [0.717, 1.165) is 0 Å². The zero-order valence-electron chi connectivity index (χ0n) is 9.06. The SMILES string of the molecule is N#CC(c1cccc2ccccc12)C1CC1. The maximum Gasteiger partial charge on any atom is 0.0746 e. The lowest BCUT2D eigenvalue weighted by Gasteiger charge is -2.11. The number of hydrogen-bond acceptors (Lipinski definition) is 1. The lowest BCUT2D eigenvalue weighted by atomic mass is 9.91. The van der Waals surface area contributed by atoms with Crippen LogP contribution >= 0.6 is 0 Å². The van der Waals surface area contributed by atoms with Gasteiger partial charge in [0.05, 0.1) is 12.0 Å². The van der Waals surface area contributed by atoms with Crippen molar-refractivity contribution < 1.29 is 0 Å². The highest BCUT2D eigenvalue weighted by molar-refractivity contribution is 5.86. The van der Waals surface area contributed by atoms with Crippen molar-refractivity contribution >= 4 is 10.8 Å². The summed E-state index contributed by atoms with van der Waals surface area (Å²) in [6.07, 6.45) is 2.42. The third-order valence-corrected chi connectivity index (χ3v) is 3.39. The van der Waals surface area contributed by atoms with E-state index in [9.17, 15) is 5.26 Å². The molecule has 2 aromatic rings. The summed E-state index contributed by atoms with van der Waals surface area (Å²) in [7, 11) is 0. The molecule has 78 valence electrons. The van der Waals surface area contributed by atoms with Crippen LogP contribution in [0.5, 0.6) is 0 Å². The lowest BCUT2D eigenvalue weighted by Crippen LogP contribution is -1.98. The first-order chi connectivity index (χ1) is 7.90. The van der Waals surface area contributed by atoms with Gasteiger partial charge in [-0.3, -0.25) is 0 Å². The lowest BCUT2D eigenvalue weighted by molar-refractivity contribution is 0.745. The monoisotopic (exact) mass is 207 g/mol. The van der Waals surface area contributed by atoms with E-state index < -0.39 is 0 Å². The minimum atomic E-state index is 0.0890. The molecule has 1 atom stereocenters. The summed E-state index contributed by atoms with van der Waals surface area (Å²) < 4.78 is 0. The molecule has 0 spiro atoms. The first-order valence-corrected chi connectivity index (χ1v) is 5.77. The second-order valence-electron chi connectivity index (χ2n) is 4.51. The second kappa shape index (κ2) is 3.64. The van der Waals surface area contributed by atoms with Gasteiger partial charge in [0.1, 0.15) is 0 Å². The highest BCUT2D eigenvalue weighted by atomic mass is 14.4. The van der Waals surface area contributed by atoms with Gasteiger partial charge in [-0.05, 0) is 35.1 Å². The van der Waals surface area contributed by atoms with Crippen LogP contribution in [0.2, 0.25) is 0 Å². The third-order valence-electron chi connectivity index (χ3n) is 3.39. The Morgan fingerprint density at radius 2 is 1.81 bits per heavy atom. The van der Waals surface area contributed by atoms with Gasteiger partial charge in [0.25, 0.3) is 0 Å². The summed E-state index contributed by atoms with van der Waals surface area (Å²) in [4.78, 5) is 0. The molecule has 0 N–H and O–H groups in total. The number of benzene rings is 2. The minimum absolute atomic E-state index is 0.0890. The van der Waals surface area contributed by atoms with Crippen molar-refractivity contribution in [1.82, 2.24) is 0 Å². The average molecular weight is 207 g/mol. The Labute approximate surface area is 95.3 Å². The Kier molecular flexibility index (Phi) is 2.15. The van der Waals surface area contributed by atoms with Gasteiger partial charge in [-0.1, -0.05) is 42.5 Å². The second-order valence-corrected chi connectivity index (χ2v) is 4.51. The molecular weight excluding hydrogens is 194 g/mol. The van der Waals surface area contributed by atoms with E-state index in [1.54, 1.807) is 0 Å². The molecule has 0 bridgehead atoms. The standard InChI is InChI=1S/C15H13N/c16-10-15(12-8-9-12)14-7-3-5-11-4-1-2-6-13(11)14/h1-7,12,15H,8-9H2. The zero-order valence-corrected chi connectivity index (χ0v) is 9.06. The minimum Gasteiger partial charge on any atom is -0.198 e. The molecule has 1 aliphatic rings. The Balaban J connectivity index is 2.19. The first kappa shape index (κ1) is 9.42. The molecule has 3 rings (SSSR count). The molecule has 0 saturated heterocycles. The van der Waals surface area contributed by atoms with Crippen molar-refractivity contribution in [2.24, 2.45) is 5.92 Å². The van der Waals surface area contributed by atoms with Crippen LogP contribution in [0.25, 0.3) is 10.8 Å². The van der Waals surface area contributed by atoms with Crippen molar-refractivity contribution in [2.45, 2.75) is 18.8 Å². The van der Waals surface area contributed by atoms with Crippen LogP contribution in [0.4, 0.5) is 0 Å². The van der Waals surface area contributed by atoms with Gasteiger partial charge < -0.3 is 0 Å². The maximum atomic E-state index is 9.30.